The predicted octanol–water partition coefficient (Wildman–Crippen LogP) is 2.77. The Morgan fingerprint density at radius 3 is 2.08 bits per heavy atom. The normalized spacial score (nSPS) is 16.0. The van der Waals surface area contributed by atoms with Crippen LogP contribution in [0.3, 0.4) is 0 Å². The van der Waals surface area contributed by atoms with Gasteiger partial charge in [0, 0.05) is 19.1 Å². The van der Waals surface area contributed by atoms with Gasteiger partial charge < -0.3 is 10.4 Å². The van der Waals surface area contributed by atoms with Crippen LogP contribution in [0.25, 0.3) is 0 Å². The lowest BCUT2D eigenvalue weighted by Crippen LogP contribution is -2.43. The zero-order valence-corrected chi connectivity index (χ0v) is 14.4. The maximum Gasteiger partial charge on any atom is 0.261 e. The second-order valence-corrected chi connectivity index (χ2v) is 6.57. The largest absolute Gasteiger partial charge is 0.508 e. The molecule has 1 aliphatic heterocycles. The number of fused-ring (bicyclic) bond motifs is 1. The van der Waals surface area contributed by atoms with Crippen molar-refractivity contribution in [1.29, 1.82) is 0 Å². The summed E-state index contributed by atoms with van der Waals surface area (Å²) in [5.74, 6) is 0.0646. The number of phenols is 1. The lowest BCUT2D eigenvalue weighted by Gasteiger charge is -2.22. The number of rotatable bonds is 6. The molecule has 2 aromatic carbocycles. The molecule has 0 aromatic heterocycles. The van der Waals surface area contributed by atoms with E-state index in [1.54, 1.807) is 36.4 Å². The third-order valence-corrected chi connectivity index (χ3v) is 4.57. The smallest absolute Gasteiger partial charge is 0.261 e. The summed E-state index contributed by atoms with van der Waals surface area (Å²) < 4.78 is 0. The van der Waals surface area contributed by atoms with E-state index in [1.165, 1.54) is 4.90 Å². The van der Waals surface area contributed by atoms with Gasteiger partial charge in [0.25, 0.3) is 11.8 Å². The number of imide groups is 1. The van der Waals surface area contributed by atoms with E-state index in [0.717, 1.165) is 12.1 Å². The molecule has 2 aromatic rings. The Morgan fingerprint density at radius 1 is 0.960 bits per heavy atom. The Morgan fingerprint density at radius 2 is 1.52 bits per heavy atom. The average Bonchev–Trinajstić information content (AvgIpc) is 2.86. The van der Waals surface area contributed by atoms with E-state index in [9.17, 15) is 14.7 Å². The van der Waals surface area contributed by atoms with Crippen molar-refractivity contribution in [2.45, 2.75) is 25.8 Å². The van der Waals surface area contributed by atoms with Crippen molar-refractivity contribution in [2.24, 2.45) is 0 Å². The molecular formula is C20H22N2O3. The fraction of sp³-hybridized carbons (Fsp3) is 0.300. The van der Waals surface area contributed by atoms with Crippen LogP contribution in [-0.2, 0) is 0 Å². The topological polar surface area (TPSA) is 69.6 Å². The molecule has 130 valence electrons. The van der Waals surface area contributed by atoms with Crippen LogP contribution < -0.4 is 5.32 Å². The lowest BCUT2D eigenvalue weighted by atomic mass is 10.0. The second kappa shape index (κ2) is 7.07. The molecule has 0 spiro atoms. The summed E-state index contributed by atoms with van der Waals surface area (Å²) in [4.78, 5) is 26.1. The molecule has 2 N–H and O–H groups in total. The summed E-state index contributed by atoms with van der Waals surface area (Å²) in [6.45, 7) is 5.12. The Bertz CT molecular complexity index is 751. The molecule has 0 fully saturated rings. The molecule has 1 heterocycles. The van der Waals surface area contributed by atoms with Crippen LogP contribution in [0, 0.1) is 0 Å². The zero-order chi connectivity index (χ0) is 18.0. The number of hydrogen-bond acceptors (Lipinski definition) is 4. The molecule has 2 amide bonds. The van der Waals surface area contributed by atoms with Gasteiger partial charge in [0.2, 0.25) is 0 Å². The van der Waals surface area contributed by atoms with Gasteiger partial charge in [-0.2, -0.15) is 0 Å². The summed E-state index contributed by atoms with van der Waals surface area (Å²) >= 11 is 0. The number of nitrogens with zero attached hydrogens (tertiary/aromatic N) is 1. The van der Waals surface area contributed by atoms with Crippen LogP contribution in [0.2, 0.25) is 0 Å². The molecule has 0 bridgehead atoms. The summed E-state index contributed by atoms with van der Waals surface area (Å²) in [5, 5.41) is 12.7. The molecule has 2 atom stereocenters. The van der Waals surface area contributed by atoms with E-state index in [2.05, 4.69) is 12.2 Å². The quantitative estimate of drug-likeness (QED) is 0.795. The van der Waals surface area contributed by atoms with Gasteiger partial charge in [-0.15, -0.1) is 0 Å². The number of carbonyl (C=O) groups excluding carboxylic acids is 2. The Balaban J connectivity index is 1.56. The van der Waals surface area contributed by atoms with E-state index in [-0.39, 0.29) is 29.5 Å². The highest BCUT2D eigenvalue weighted by molar-refractivity contribution is 6.21. The standard InChI is InChI=1S/C20H22N2O3/c1-13(15-7-9-16(23)10-8-15)11-21-14(2)12-22-19(24)17-5-3-4-6-18(17)20(22)25/h3-10,13-14,21,23H,11-12H2,1-2H3/t13-,14-/m1/s1. The highest BCUT2D eigenvalue weighted by Gasteiger charge is 2.35. The van der Waals surface area contributed by atoms with Crippen molar-refractivity contribution in [1.82, 2.24) is 10.2 Å². The number of amides is 2. The van der Waals surface area contributed by atoms with E-state index < -0.39 is 0 Å². The summed E-state index contributed by atoms with van der Waals surface area (Å²) in [5.41, 5.74) is 2.09. The third-order valence-electron chi connectivity index (χ3n) is 4.57. The molecule has 0 saturated carbocycles. The van der Waals surface area contributed by atoms with Crippen molar-refractivity contribution in [3.05, 3.63) is 65.2 Å². The number of benzene rings is 2. The molecule has 5 heteroatoms. The van der Waals surface area contributed by atoms with Crippen molar-refractivity contribution in [3.63, 3.8) is 0 Å². The minimum absolute atomic E-state index is 0.0122. The Labute approximate surface area is 147 Å². The van der Waals surface area contributed by atoms with Crippen LogP contribution in [0.5, 0.6) is 5.75 Å². The number of nitrogens with one attached hydrogen (secondary N) is 1. The van der Waals surface area contributed by atoms with Gasteiger partial charge in [-0.1, -0.05) is 31.2 Å². The highest BCUT2D eigenvalue weighted by atomic mass is 16.3. The van der Waals surface area contributed by atoms with Crippen molar-refractivity contribution in [3.8, 4) is 5.75 Å². The Kier molecular flexibility index (Phi) is 4.86. The highest BCUT2D eigenvalue weighted by Crippen LogP contribution is 2.22. The maximum atomic E-state index is 12.4. The second-order valence-electron chi connectivity index (χ2n) is 6.57. The Hall–Kier alpha value is -2.66. The van der Waals surface area contributed by atoms with Crippen LogP contribution in [-0.4, -0.2) is 41.0 Å². The van der Waals surface area contributed by atoms with E-state index in [0.29, 0.717) is 17.7 Å². The number of phenolic OH excluding ortho intramolecular Hbond substituents is 1. The van der Waals surface area contributed by atoms with Crippen LogP contribution in [0.15, 0.2) is 48.5 Å². The van der Waals surface area contributed by atoms with Gasteiger partial charge in [-0.25, -0.2) is 0 Å². The van der Waals surface area contributed by atoms with Gasteiger partial charge in [-0.05, 0) is 42.7 Å². The molecule has 1 aliphatic rings. The molecule has 0 aliphatic carbocycles. The first-order valence-corrected chi connectivity index (χ1v) is 8.45. The monoisotopic (exact) mass is 338 g/mol. The minimum atomic E-state index is -0.221. The van der Waals surface area contributed by atoms with Crippen molar-refractivity contribution < 1.29 is 14.7 Å². The first kappa shape index (κ1) is 17.2. The fourth-order valence-corrected chi connectivity index (χ4v) is 3.04. The van der Waals surface area contributed by atoms with Gasteiger partial charge >= 0.3 is 0 Å². The first-order valence-electron chi connectivity index (χ1n) is 8.45. The average molecular weight is 338 g/mol. The van der Waals surface area contributed by atoms with Gasteiger partial charge in [-0.3, -0.25) is 14.5 Å². The van der Waals surface area contributed by atoms with Crippen LogP contribution in [0.1, 0.15) is 46.0 Å². The van der Waals surface area contributed by atoms with E-state index in [1.807, 2.05) is 19.1 Å². The fourth-order valence-electron chi connectivity index (χ4n) is 3.04. The van der Waals surface area contributed by atoms with E-state index in [4.69, 9.17) is 0 Å². The number of carbonyl (C=O) groups is 2. The SMILES string of the molecule is C[C@H](CN1C(=O)c2ccccc2C1=O)NC[C@@H](C)c1ccc(O)cc1. The molecule has 3 rings (SSSR count). The molecule has 25 heavy (non-hydrogen) atoms. The van der Waals surface area contributed by atoms with Crippen LogP contribution in [0.4, 0.5) is 0 Å². The van der Waals surface area contributed by atoms with E-state index >= 15 is 0 Å². The number of hydrogen-bond donors (Lipinski definition) is 2. The maximum absolute atomic E-state index is 12.4. The van der Waals surface area contributed by atoms with Crippen molar-refractivity contribution in [2.75, 3.05) is 13.1 Å². The molecule has 0 unspecified atom stereocenters. The molecule has 0 radical (unpaired) electrons. The third kappa shape index (κ3) is 3.56. The number of aromatic hydroxyl groups is 1. The molecule has 0 saturated heterocycles. The van der Waals surface area contributed by atoms with Gasteiger partial charge in [0.15, 0.2) is 0 Å². The molecular weight excluding hydrogens is 316 g/mol. The first-order chi connectivity index (χ1) is 12.0. The summed E-state index contributed by atoms with van der Waals surface area (Å²) in [7, 11) is 0. The van der Waals surface area contributed by atoms with Crippen molar-refractivity contribution >= 4 is 11.8 Å². The zero-order valence-electron chi connectivity index (χ0n) is 14.4. The van der Waals surface area contributed by atoms with Gasteiger partial charge in [0.1, 0.15) is 5.75 Å². The van der Waals surface area contributed by atoms with Gasteiger partial charge in [0.05, 0.1) is 11.1 Å². The molecule has 5 nitrogen and oxygen atoms in total. The summed E-state index contributed by atoms with van der Waals surface area (Å²) in [6, 6.07) is 14.1. The lowest BCUT2D eigenvalue weighted by molar-refractivity contribution is 0.0641. The minimum Gasteiger partial charge on any atom is -0.508 e. The summed E-state index contributed by atoms with van der Waals surface area (Å²) in [6.07, 6.45) is 0. The predicted molar refractivity (Wildman–Crippen MR) is 95.8 cm³/mol. The van der Waals surface area contributed by atoms with Crippen LogP contribution >= 0.6 is 0 Å².